The maximum Gasteiger partial charge on any atom is 0.327 e. The van der Waals surface area contributed by atoms with Gasteiger partial charge in [-0.2, -0.15) is 0 Å². The third kappa shape index (κ3) is 4.51. The molecular formula is C28H34N4O3. The smallest absolute Gasteiger partial charge is 0.327 e. The molecule has 0 bridgehead atoms. The summed E-state index contributed by atoms with van der Waals surface area (Å²) in [5.74, 6) is -0.395. The maximum absolute atomic E-state index is 13.6. The van der Waals surface area contributed by atoms with Crippen molar-refractivity contribution in [2.24, 2.45) is 0 Å². The van der Waals surface area contributed by atoms with E-state index >= 15 is 0 Å². The zero-order valence-electron chi connectivity index (χ0n) is 20.5. The molecule has 0 radical (unpaired) electrons. The lowest BCUT2D eigenvalue weighted by Crippen LogP contribution is -2.66. The summed E-state index contributed by atoms with van der Waals surface area (Å²) in [6, 6.07) is 15.0. The highest BCUT2D eigenvalue weighted by Gasteiger charge is 2.60. The zero-order chi connectivity index (χ0) is 24.4. The number of hydrogen-bond donors (Lipinski definition) is 2. The van der Waals surface area contributed by atoms with E-state index in [-0.39, 0.29) is 11.9 Å². The second-order valence-corrected chi connectivity index (χ2v) is 9.75. The minimum Gasteiger partial charge on any atom is -0.434 e. The first kappa shape index (κ1) is 23.7. The number of carbonyl (C=O) groups is 2. The predicted molar refractivity (Wildman–Crippen MR) is 135 cm³/mol. The Morgan fingerprint density at radius 1 is 1.03 bits per heavy atom. The van der Waals surface area contributed by atoms with Crippen molar-refractivity contribution in [1.82, 2.24) is 20.4 Å². The van der Waals surface area contributed by atoms with Crippen LogP contribution in [0.15, 0.2) is 60.7 Å². The highest BCUT2D eigenvalue weighted by molar-refractivity contribution is 5.86. The monoisotopic (exact) mass is 474 g/mol. The summed E-state index contributed by atoms with van der Waals surface area (Å²) in [5.41, 5.74) is 2.78. The van der Waals surface area contributed by atoms with E-state index < -0.39 is 17.8 Å². The number of hydrogen-bond acceptors (Lipinski definition) is 6. The van der Waals surface area contributed by atoms with Crippen LogP contribution in [0, 0.1) is 13.8 Å². The fraction of sp³-hybridized carbons (Fsp3) is 0.429. The van der Waals surface area contributed by atoms with Crippen molar-refractivity contribution >= 4 is 11.9 Å². The number of rotatable bonds is 6. The number of nitrogens with one attached hydrogen (secondary N) is 2. The van der Waals surface area contributed by atoms with Crippen molar-refractivity contribution in [3.8, 4) is 0 Å². The molecule has 2 atom stereocenters. The van der Waals surface area contributed by atoms with Crippen LogP contribution in [0.5, 0.6) is 0 Å². The Hall–Kier alpha value is -3.00. The molecule has 3 aliphatic heterocycles. The third-order valence-corrected chi connectivity index (χ3v) is 7.29. The van der Waals surface area contributed by atoms with E-state index in [1.807, 2.05) is 67.3 Å². The van der Waals surface area contributed by atoms with E-state index in [9.17, 15) is 9.59 Å². The van der Waals surface area contributed by atoms with Gasteiger partial charge in [-0.3, -0.25) is 14.5 Å². The van der Waals surface area contributed by atoms with Gasteiger partial charge in [-0.05, 0) is 20.3 Å². The van der Waals surface area contributed by atoms with E-state index in [4.69, 9.17) is 4.74 Å². The van der Waals surface area contributed by atoms with Crippen LogP contribution < -0.4 is 10.6 Å². The Balaban J connectivity index is 1.48. The van der Waals surface area contributed by atoms with E-state index in [1.165, 1.54) is 0 Å². The predicted octanol–water partition coefficient (Wildman–Crippen LogP) is 2.08. The molecule has 2 fully saturated rings. The summed E-state index contributed by atoms with van der Waals surface area (Å²) < 4.78 is 6.28. The molecule has 3 aliphatic rings. The first-order valence-electron chi connectivity index (χ1n) is 12.5. The Kier molecular flexibility index (Phi) is 6.73. The minimum atomic E-state index is -1.16. The van der Waals surface area contributed by atoms with Crippen LogP contribution in [-0.2, 0) is 20.1 Å². The number of esters is 1. The second kappa shape index (κ2) is 9.93. The molecule has 2 N–H and O–H groups in total. The number of nitrogens with zero attached hydrogens (tertiary/aromatic N) is 2. The first-order chi connectivity index (χ1) is 17.0. The fourth-order valence-corrected chi connectivity index (χ4v) is 5.38. The molecule has 1 amide bonds. The van der Waals surface area contributed by atoms with Gasteiger partial charge in [0.2, 0.25) is 11.6 Å². The lowest BCUT2D eigenvalue weighted by Gasteiger charge is -2.44. The number of cyclic esters (lactones) is 1. The van der Waals surface area contributed by atoms with E-state index in [0.29, 0.717) is 19.6 Å². The second-order valence-electron chi connectivity index (χ2n) is 9.75. The van der Waals surface area contributed by atoms with Gasteiger partial charge >= 0.3 is 5.97 Å². The topological polar surface area (TPSA) is 73.9 Å². The van der Waals surface area contributed by atoms with Crippen molar-refractivity contribution in [1.29, 1.82) is 0 Å². The molecule has 184 valence electrons. The van der Waals surface area contributed by atoms with Crippen molar-refractivity contribution < 1.29 is 14.3 Å². The number of ether oxygens (including phenoxy) is 1. The maximum atomic E-state index is 13.6. The van der Waals surface area contributed by atoms with Crippen LogP contribution in [0.4, 0.5) is 0 Å². The fourth-order valence-electron chi connectivity index (χ4n) is 5.38. The summed E-state index contributed by atoms with van der Waals surface area (Å²) >= 11 is 0. The standard InChI is InChI=1S/C28H34N4O3/c1-20-6-10-22(11-7-20)28(23-12-8-21(2)9-13-23)32-24(18-29-19-25(32)27(34)35-28)26(33)30-14-17-31-15-4-3-5-16-31/h3-4,6-13,24-25,29H,5,14-19H2,1-2H3,(H,30,33). The van der Waals surface area contributed by atoms with Gasteiger partial charge in [-0.15, -0.1) is 0 Å². The minimum absolute atomic E-state index is 0.0864. The Labute approximate surface area is 207 Å². The Bertz CT molecular complexity index is 1050. The van der Waals surface area contributed by atoms with Crippen LogP contribution in [0.2, 0.25) is 0 Å². The molecule has 7 nitrogen and oxygen atoms in total. The third-order valence-electron chi connectivity index (χ3n) is 7.29. The largest absolute Gasteiger partial charge is 0.434 e. The van der Waals surface area contributed by atoms with E-state index in [1.54, 1.807) is 0 Å². The number of amides is 1. The van der Waals surface area contributed by atoms with Gasteiger partial charge in [-0.25, -0.2) is 4.90 Å². The zero-order valence-corrected chi connectivity index (χ0v) is 20.5. The average molecular weight is 475 g/mol. The Morgan fingerprint density at radius 3 is 2.29 bits per heavy atom. The summed E-state index contributed by atoms with van der Waals surface area (Å²) in [4.78, 5) is 31.1. The first-order valence-corrected chi connectivity index (χ1v) is 12.5. The lowest BCUT2D eigenvalue weighted by molar-refractivity contribution is -0.153. The van der Waals surface area contributed by atoms with Crippen molar-refractivity contribution in [2.45, 2.75) is 38.1 Å². The van der Waals surface area contributed by atoms with Gasteiger partial charge in [0.15, 0.2) is 0 Å². The van der Waals surface area contributed by atoms with Crippen molar-refractivity contribution in [3.63, 3.8) is 0 Å². The number of aryl methyl sites for hydroxylation is 2. The van der Waals surface area contributed by atoms with Gasteiger partial charge in [0.1, 0.15) is 12.1 Å². The average Bonchev–Trinajstić information content (AvgIpc) is 3.19. The summed E-state index contributed by atoms with van der Waals surface area (Å²) in [5, 5.41) is 6.43. The highest BCUT2D eigenvalue weighted by atomic mass is 16.6. The molecular weight excluding hydrogens is 440 g/mol. The summed E-state index contributed by atoms with van der Waals surface area (Å²) in [7, 11) is 0. The molecule has 7 heteroatoms. The van der Waals surface area contributed by atoms with E-state index in [2.05, 4.69) is 27.7 Å². The van der Waals surface area contributed by atoms with Crippen LogP contribution in [0.1, 0.15) is 28.7 Å². The van der Waals surface area contributed by atoms with E-state index in [0.717, 1.165) is 48.3 Å². The van der Waals surface area contributed by atoms with Gasteiger partial charge in [0, 0.05) is 50.4 Å². The summed E-state index contributed by atoms with van der Waals surface area (Å²) in [6.07, 6.45) is 5.42. The molecule has 35 heavy (non-hydrogen) atoms. The molecule has 5 rings (SSSR count). The quantitative estimate of drug-likeness (QED) is 0.493. The molecule has 2 aromatic carbocycles. The number of benzene rings is 2. The van der Waals surface area contributed by atoms with Crippen molar-refractivity contribution in [2.75, 3.05) is 39.3 Å². The SMILES string of the molecule is Cc1ccc(C2(c3ccc(C)cc3)OC(=O)C3CNCC(C(=O)NCCN4CC=CCC4)N32)cc1. The molecule has 2 aromatic rings. The molecule has 0 saturated carbocycles. The summed E-state index contributed by atoms with van der Waals surface area (Å²) in [6.45, 7) is 8.26. The molecule has 0 aromatic heterocycles. The molecule has 0 aliphatic carbocycles. The molecule has 2 unspecified atom stereocenters. The number of piperazine rings is 1. The van der Waals surface area contributed by atoms with Gasteiger partial charge in [-0.1, -0.05) is 71.8 Å². The number of carbonyl (C=O) groups excluding carboxylic acids is 2. The van der Waals surface area contributed by atoms with Crippen molar-refractivity contribution in [3.05, 3.63) is 82.9 Å². The van der Waals surface area contributed by atoms with Crippen LogP contribution in [0.25, 0.3) is 0 Å². The highest BCUT2D eigenvalue weighted by Crippen LogP contribution is 2.46. The lowest BCUT2D eigenvalue weighted by atomic mass is 9.89. The number of fused-ring (bicyclic) bond motifs is 1. The molecule has 3 heterocycles. The van der Waals surface area contributed by atoms with Gasteiger partial charge < -0.3 is 15.4 Å². The van der Waals surface area contributed by atoms with Crippen LogP contribution >= 0.6 is 0 Å². The van der Waals surface area contributed by atoms with Crippen LogP contribution in [-0.4, -0.2) is 73.0 Å². The molecule has 2 saturated heterocycles. The Morgan fingerprint density at radius 2 is 1.69 bits per heavy atom. The molecule has 0 spiro atoms. The van der Waals surface area contributed by atoms with Gasteiger partial charge in [0.25, 0.3) is 0 Å². The van der Waals surface area contributed by atoms with Crippen LogP contribution in [0.3, 0.4) is 0 Å². The van der Waals surface area contributed by atoms with Gasteiger partial charge in [0.05, 0.1) is 0 Å². The normalized spacial score (nSPS) is 24.1.